The van der Waals surface area contributed by atoms with Crippen LogP contribution in [-0.2, 0) is 0 Å². The number of halogens is 4. The van der Waals surface area contributed by atoms with Gasteiger partial charge in [-0.15, -0.1) is 0 Å². The smallest absolute Gasteiger partial charge is 0.115 e. The van der Waals surface area contributed by atoms with Crippen molar-refractivity contribution < 1.29 is 0 Å². The molecule has 2 aromatic rings. The van der Waals surface area contributed by atoms with Crippen molar-refractivity contribution in [2.24, 2.45) is 0 Å². The Bertz CT molecular complexity index is 638. The summed E-state index contributed by atoms with van der Waals surface area (Å²) >= 11 is 23.8. The molecule has 0 aliphatic heterocycles. The molecule has 2 aromatic carbocycles. The average molecular weight is 348 g/mol. The summed E-state index contributed by atoms with van der Waals surface area (Å²) < 4.78 is 0.105. The van der Waals surface area contributed by atoms with Gasteiger partial charge >= 0.3 is 0 Å². The Morgan fingerprint density at radius 3 is 1.45 bits per heavy atom. The second-order valence-electron chi connectivity index (χ2n) is 4.11. The van der Waals surface area contributed by atoms with Gasteiger partial charge in [0, 0.05) is 5.57 Å². The van der Waals surface area contributed by atoms with Crippen LogP contribution in [0.1, 0.15) is 11.1 Å². The number of benzene rings is 2. The lowest BCUT2D eigenvalue weighted by molar-refractivity contribution is 1.54. The molecule has 0 unspecified atom stereocenters. The van der Waals surface area contributed by atoms with E-state index in [2.05, 4.69) is 0 Å². The number of hydrogen-bond acceptors (Lipinski definition) is 2. The number of hydrogen-bond donors (Lipinski definition) is 2. The molecule has 0 atom stereocenters. The van der Waals surface area contributed by atoms with Crippen LogP contribution in [-0.4, -0.2) is 0 Å². The SMILES string of the molecule is Nc1cc(C(=C(Cl)Cl)c2ccc(Cl)c(N)c2)ccc1Cl. The van der Waals surface area contributed by atoms with Crippen LogP contribution < -0.4 is 11.5 Å². The summed E-state index contributed by atoms with van der Waals surface area (Å²) in [6.07, 6.45) is 0. The Kier molecular flexibility index (Phi) is 4.71. The van der Waals surface area contributed by atoms with Crippen LogP contribution in [0.4, 0.5) is 11.4 Å². The van der Waals surface area contributed by atoms with Gasteiger partial charge in [-0.1, -0.05) is 58.5 Å². The Morgan fingerprint density at radius 2 is 1.15 bits per heavy atom. The zero-order valence-corrected chi connectivity index (χ0v) is 13.2. The summed E-state index contributed by atoms with van der Waals surface area (Å²) in [5.41, 5.74) is 14.6. The summed E-state index contributed by atoms with van der Waals surface area (Å²) in [6, 6.07) is 10.3. The molecule has 0 spiro atoms. The van der Waals surface area contributed by atoms with E-state index in [1.54, 1.807) is 36.4 Å². The maximum Gasteiger partial charge on any atom is 0.115 e. The second kappa shape index (κ2) is 6.15. The third kappa shape index (κ3) is 3.15. The molecule has 0 aliphatic carbocycles. The molecule has 0 fully saturated rings. The van der Waals surface area contributed by atoms with E-state index >= 15 is 0 Å². The van der Waals surface area contributed by atoms with Crippen molar-refractivity contribution >= 4 is 63.4 Å². The van der Waals surface area contributed by atoms with Gasteiger partial charge in [-0.2, -0.15) is 0 Å². The Hall–Kier alpha value is -1.06. The van der Waals surface area contributed by atoms with E-state index in [4.69, 9.17) is 57.9 Å². The van der Waals surface area contributed by atoms with Gasteiger partial charge < -0.3 is 11.5 Å². The van der Waals surface area contributed by atoms with Gasteiger partial charge in [0.2, 0.25) is 0 Å². The van der Waals surface area contributed by atoms with Crippen LogP contribution in [0.5, 0.6) is 0 Å². The first-order valence-electron chi connectivity index (χ1n) is 5.56. The summed E-state index contributed by atoms with van der Waals surface area (Å²) in [5, 5.41) is 0.934. The highest BCUT2D eigenvalue weighted by Gasteiger charge is 2.12. The Morgan fingerprint density at radius 1 is 0.750 bits per heavy atom. The summed E-state index contributed by atoms with van der Waals surface area (Å²) in [4.78, 5) is 0. The van der Waals surface area contributed by atoms with Gasteiger partial charge in [0.05, 0.1) is 21.4 Å². The normalized spacial score (nSPS) is 10.4. The third-order valence-electron chi connectivity index (χ3n) is 2.76. The molecule has 0 aromatic heterocycles. The maximum absolute atomic E-state index is 5.99. The Balaban J connectivity index is 2.60. The standard InChI is InChI=1S/C14H10Cl4N2/c15-9-3-1-7(5-11(9)19)13(14(17)18)8-2-4-10(16)12(20)6-8/h1-6H,19-20H2. The summed E-state index contributed by atoms with van der Waals surface area (Å²) in [6.45, 7) is 0. The van der Waals surface area contributed by atoms with Crippen LogP contribution in [0.15, 0.2) is 40.9 Å². The van der Waals surface area contributed by atoms with E-state index in [0.717, 1.165) is 11.1 Å². The molecule has 0 radical (unpaired) electrons. The fraction of sp³-hybridized carbons (Fsp3) is 0. The lowest BCUT2D eigenvalue weighted by Crippen LogP contribution is -1.95. The first kappa shape index (κ1) is 15.3. The highest BCUT2D eigenvalue weighted by molar-refractivity contribution is 6.59. The van der Waals surface area contributed by atoms with Crippen LogP contribution in [0.2, 0.25) is 10.0 Å². The molecule has 0 amide bonds. The number of anilines is 2. The van der Waals surface area contributed by atoms with Gasteiger partial charge in [0.1, 0.15) is 4.49 Å². The van der Waals surface area contributed by atoms with Gasteiger partial charge in [-0.25, -0.2) is 0 Å². The van der Waals surface area contributed by atoms with Crippen molar-refractivity contribution in [1.29, 1.82) is 0 Å². The maximum atomic E-state index is 5.99. The van der Waals surface area contributed by atoms with Crippen LogP contribution in [0, 0.1) is 0 Å². The molecular weight excluding hydrogens is 338 g/mol. The monoisotopic (exact) mass is 346 g/mol. The van der Waals surface area contributed by atoms with Gasteiger partial charge in [-0.3, -0.25) is 0 Å². The van der Waals surface area contributed by atoms with E-state index in [0.29, 0.717) is 27.0 Å². The zero-order valence-electron chi connectivity index (χ0n) is 10.1. The van der Waals surface area contributed by atoms with Gasteiger partial charge in [0.15, 0.2) is 0 Å². The lowest BCUT2D eigenvalue weighted by atomic mass is 9.98. The van der Waals surface area contributed by atoms with E-state index in [-0.39, 0.29) is 4.49 Å². The van der Waals surface area contributed by atoms with E-state index < -0.39 is 0 Å². The van der Waals surface area contributed by atoms with Crippen molar-refractivity contribution in [3.8, 4) is 0 Å². The Labute approximate surface area is 136 Å². The van der Waals surface area contributed by atoms with Crippen molar-refractivity contribution in [2.45, 2.75) is 0 Å². The number of rotatable bonds is 2. The van der Waals surface area contributed by atoms with Crippen molar-refractivity contribution in [3.05, 3.63) is 62.1 Å². The van der Waals surface area contributed by atoms with Gasteiger partial charge in [-0.05, 0) is 35.4 Å². The average Bonchev–Trinajstić information content (AvgIpc) is 2.38. The predicted octanol–water partition coefficient (Wildman–Crippen LogP) is 5.35. The molecule has 2 nitrogen and oxygen atoms in total. The van der Waals surface area contributed by atoms with Crippen molar-refractivity contribution in [3.63, 3.8) is 0 Å². The zero-order chi connectivity index (χ0) is 14.9. The number of nitrogens with two attached hydrogens (primary N) is 2. The second-order valence-corrected chi connectivity index (χ2v) is 5.87. The highest BCUT2D eigenvalue weighted by Crippen LogP contribution is 2.35. The quantitative estimate of drug-likeness (QED) is 0.719. The first-order valence-corrected chi connectivity index (χ1v) is 7.07. The summed E-state index contributed by atoms with van der Waals surface area (Å²) in [7, 11) is 0. The number of nitrogen functional groups attached to an aromatic ring is 2. The van der Waals surface area contributed by atoms with Crippen LogP contribution >= 0.6 is 46.4 Å². The molecule has 0 heterocycles. The minimum atomic E-state index is 0.105. The van der Waals surface area contributed by atoms with Crippen LogP contribution in [0.25, 0.3) is 5.57 Å². The molecule has 0 bridgehead atoms. The van der Waals surface area contributed by atoms with Crippen LogP contribution in [0.3, 0.4) is 0 Å². The fourth-order valence-electron chi connectivity index (χ4n) is 1.78. The lowest BCUT2D eigenvalue weighted by Gasteiger charge is -2.11. The highest BCUT2D eigenvalue weighted by atomic mass is 35.5. The molecule has 0 aliphatic rings. The van der Waals surface area contributed by atoms with Gasteiger partial charge in [0.25, 0.3) is 0 Å². The van der Waals surface area contributed by atoms with E-state index in [1.807, 2.05) is 0 Å². The third-order valence-corrected chi connectivity index (χ3v) is 3.82. The van der Waals surface area contributed by atoms with Crippen molar-refractivity contribution in [2.75, 3.05) is 11.5 Å². The van der Waals surface area contributed by atoms with E-state index in [9.17, 15) is 0 Å². The largest absolute Gasteiger partial charge is 0.398 e. The minimum absolute atomic E-state index is 0.105. The van der Waals surface area contributed by atoms with E-state index in [1.165, 1.54) is 0 Å². The first-order chi connectivity index (χ1) is 9.40. The molecule has 0 saturated heterocycles. The minimum Gasteiger partial charge on any atom is -0.398 e. The topological polar surface area (TPSA) is 52.0 Å². The van der Waals surface area contributed by atoms with Crippen molar-refractivity contribution in [1.82, 2.24) is 0 Å². The molecule has 20 heavy (non-hydrogen) atoms. The molecular formula is C14H10Cl4N2. The fourth-order valence-corrected chi connectivity index (χ4v) is 2.45. The molecule has 4 N–H and O–H groups in total. The molecule has 0 saturated carbocycles. The molecule has 2 rings (SSSR count). The molecule has 104 valence electrons. The molecule has 6 heteroatoms. The summed E-state index contributed by atoms with van der Waals surface area (Å²) in [5.74, 6) is 0. The predicted molar refractivity (Wildman–Crippen MR) is 89.5 cm³/mol.